The Labute approximate surface area is 156 Å². The lowest BCUT2D eigenvalue weighted by Crippen LogP contribution is -2.50. The van der Waals surface area contributed by atoms with E-state index in [1.165, 1.54) is 16.8 Å². The number of anilines is 2. The molecule has 0 aromatic heterocycles. The zero-order valence-electron chi connectivity index (χ0n) is 16.2. The summed E-state index contributed by atoms with van der Waals surface area (Å²) in [5.74, 6) is 0. The van der Waals surface area contributed by atoms with Gasteiger partial charge in [0.1, 0.15) is 0 Å². The number of piperazine rings is 1. The molecule has 0 atom stereocenters. The van der Waals surface area contributed by atoms with Crippen LogP contribution >= 0.6 is 0 Å². The number of urea groups is 1. The van der Waals surface area contributed by atoms with Gasteiger partial charge < -0.3 is 15.1 Å². The molecule has 1 saturated heterocycles. The second kappa shape index (κ2) is 7.40. The first kappa shape index (κ1) is 18.3. The van der Waals surface area contributed by atoms with Crippen molar-refractivity contribution in [3.05, 3.63) is 59.7 Å². The molecule has 1 heterocycles. The SMILES string of the molecule is Cc1ccccc1N1CCN(C(=O)Nc2ccc(C(C)(C)C)cc2)CC1. The van der Waals surface area contributed by atoms with E-state index in [0.29, 0.717) is 0 Å². The fourth-order valence-corrected chi connectivity index (χ4v) is 3.32. The van der Waals surface area contributed by atoms with Crippen molar-refractivity contribution in [2.75, 3.05) is 36.4 Å². The minimum Gasteiger partial charge on any atom is -0.368 e. The first-order chi connectivity index (χ1) is 12.3. The number of nitrogens with zero attached hydrogens (tertiary/aromatic N) is 2. The largest absolute Gasteiger partial charge is 0.368 e. The van der Waals surface area contributed by atoms with Crippen molar-refractivity contribution >= 4 is 17.4 Å². The third kappa shape index (κ3) is 4.18. The highest BCUT2D eigenvalue weighted by molar-refractivity contribution is 5.89. The summed E-state index contributed by atoms with van der Waals surface area (Å²) >= 11 is 0. The van der Waals surface area contributed by atoms with Crippen LogP contribution in [0, 0.1) is 6.92 Å². The van der Waals surface area contributed by atoms with Crippen LogP contribution in [-0.2, 0) is 5.41 Å². The molecule has 138 valence electrons. The standard InChI is InChI=1S/C22H29N3O/c1-17-7-5-6-8-20(17)24-13-15-25(16-14-24)21(26)23-19-11-9-18(10-12-19)22(2,3)4/h5-12H,13-16H2,1-4H3,(H,23,26). The van der Waals surface area contributed by atoms with Crippen LogP contribution in [0.4, 0.5) is 16.2 Å². The number of amides is 2. The second-order valence-electron chi connectivity index (χ2n) is 8.02. The Kier molecular flexibility index (Phi) is 5.21. The number of nitrogens with one attached hydrogen (secondary N) is 1. The predicted molar refractivity (Wildman–Crippen MR) is 109 cm³/mol. The molecule has 4 nitrogen and oxygen atoms in total. The number of carbonyl (C=O) groups is 1. The highest BCUT2D eigenvalue weighted by Gasteiger charge is 2.22. The lowest BCUT2D eigenvalue weighted by atomic mass is 9.87. The van der Waals surface area contributed by atoms with Gasteiger partial charge in [0.2, 0.25) is 0 Å². The topological polar surface area (TPSA) is 35.6 Å². The molecule has 0 bridgehead atoms. The monoisotopic (exact) mass is 351 g/mol. The summed E-state index contributed by atoms with van der Waals surface area (Å²) in [4.78, 5) is 16.8. The zero-order chi connectivity index (χ0) is 18.7. The van der Waals surface area contributed by atoms with Gasteiger partial charge in [0, 0.05) is 37.6 Å². The van der Waals surface area contributed by atoms with Gasteiger partial charge in [0.25, 0.3) is 0 Å². The molecule has 2 amide bonds. The Morgan fingerprint density at radius 1 is 0.923 bits per heavy atom. The number of aryl methyl sites for hydroxylation is 1. The van der Waals surface area contributed by atoms with Gasteiger partial charge in [-0.05, 0) is 41.7 Å². The van der Waals surface area contributed by atoms with Crippen LogP contribution in [0.2, 0.25) is 0 Å². The summed E-state index contributed by atoms with van der Waals surface area (Å²) in [6.07, 6.45) is 0. The second-order valence-corrected chi connectivity index (χ2v) is 8.02. The van der Waals surface area contributed by atoms with Gasteiger partial charge in [0.15, 0.2) is 0 Å². The van der Waals surface area contributed by atoms with E-state index < -0.39 is 0 Å². The molecule has 1 aliphatic rings. The average Bonchev–Trinajstić information content (AvgIpc) is 2.62. The zero-order valence-corrected chi connectivity index (χ0v) is 16.2. The van der Waals surface area contributed by atoms with E-state index in [0.717, 1.165) is 31.9 Å². The van der Waals surface area contributed by atoms with E-state index in [-0.39, 0.29) is 11.4 Å². The summed E-state index contributed by atoms with van der Waals surface area (Å²) in [5.41, 5.74) is 4.79. The lowest BCUT2D eigenvalue weighted by Gasteiger charge is -2.36. The minimum absolute atomic E-state index is 0.0158. The molecular weight excluding hydrogens is 322 g/mol. The van der Waals surface area contributed by atoms with Crippen LogP contribution in [0.5, 0.6) is 0 Å². The maximum atomic E-state index is 12.6. The summed E-state index contributed by atoms with van der Waals surface area (Å²) in [6.45, 7) is 11.9. The fourth-order valence-electron chi connectivity index (χ4n) is 3.32. The van der Waals surface area contributed by atoms with Crippen LogP contribution in [0.1, 0.15) is 31.9 Å². The molecule has 2 aromatic carbocycles. The van der Waals surface area contributed by atoms with Crippen molar-refractivity contribution in [2.24, 2.45) is 0 Å². The van der Waals surface area contributed by atoms with E-state index in [2.05, 4.69) is 74.3 Å². The number of hydrogen-bond acceptors (Lipinski definition) is 2. The van der Waals surface area contributed by atoms with Crippen LogP contribution in [0.25, 0.3) is 0 Å². The van der Waals surface area contributed by atoms with Gasteiger partial charge in [-0.3, -0.25) is 0 Å². The molecule has 2 aromatic rings. The normalized spacial score (nSPS) is 15.1. The Hall–Kier alpha value is -2.49. The highest BCUT2D eigenvalue weighted by atomic mass is 16.2. The average molecular weight is 351 g/mol. The molecule has 0 aliphatic carbocycles. The smallest absolute Gasteiger partial charge is 0.321 e. The highest BCUT2D eigenvalue weighted by Crippen LogP contribution is 2.24. The van der Waals surface area contributed by atoms with Crippen molar-refractivity contribution in [1.82, 2.24) is 4.90 Å². The summed E-state index contributed by atoms with van der Waals surface area (Å²) < 4.78 is 0. The van der Waals surface area contributed by atoms with Crippen molar-refractivity contribution in [3.63, 3.8) is 0 Å². The number of rotatable bonds is 2. The van der Waals surface area contributed by atoms with E-state index in [4.69, 9.17) is 0 Å². The molecule has 0 unspecified atom stereocenters. The lowest BCUT2D eigenvalue weighted by molar-refractivity contribution is 0.208. The third-order valence-electron chi connectivity index (χ3n) is 5.03. The third-order valence-corrected chi connectivity index (χ3v) is 5.03. The van der Waals surface area contributed by atoms with E-state index in [1.54, 1.807) is 0 Å². The van der Waals surface area contributed by atoms with Crippen molar-refractivity contribution < 1.29 is 4.79 Å². The van der Waals surface area contributed by atoms with E-state index >= 15 is 0 Å². The number of carbonyl (C=O) groups excluding carboxylic acids is 1. The summed E-state index contributed by atoms with van der Waals surface area (Å²) in [5, 5.41) is 3.02. The molecule has 1 fully saturated rings. The Morgan fingerprint density at radius 2 is 1.54 bits per heavy atom. The van der Waals surface area contributed by atoms with Crippen LogP contribution in [0.3, 0.4) is 0 Å². The Bertz CT molecular complexity index is 754. The molecule has 1 N–H and O–H groups in total. The van der Waals surface area contributed by atoms with E-state index in [9.17, 15) is 4.79 Å². The van der Waals surface area contributed by atoms with Crippen LogP contribution in [0.15, 0.2) is 48.5 Å². The van der Waals surface area contributed by atoms with Crippen LogP contribution in [-0.4, -0.2) is 37.1 Å². The van der Waals surface area contributed by atoms with Gasteiger partial charge in [-0.15, -0.1) is 0 Å². The molecule has 0 saturated carbocycles. The molecule has 1 aliphatic heterocycles. The summed E-state index contributed by atoms with van der Waals surface area (Å²) in [7, 11) is 0. The van der Waals surface area contributed by atoms with E-state index in [1.807, 2.05) is 17.0 Å². The molecule has 26 heavy (non-hydrogen) atoms. The van der Waals surface area contributed by atoms with Gasteiger partial charge >= 0.3 is 6.03 Å². The Morgan fingerprint density at radius 3 is 2.12 bits per heavy atom. The first-order valence-electron chi connectivity index (χ1n) is 9.31. The number of hydrogen-bond donors (Lipinski definition) is 1. The first-order valence-corrected chi connectivity index (χ1v) is 9.31. The molecular formula is C22H29N3O. The van der Waals surface area contributed by atoms with Crippen molar-refractivity contribution in [3.8, 4) is 0 Å². The van der Waals surface area contributed by atoms with Gasteiger partial charge in [-0.1, -0.05) is 51.1 Å². The quantitative estimate of drug-likeness (QED) is 0.855. The van der Waals surface area contributed by atoms with Crippen LogP contribution < -0.4 is 10.2 Å². The Balaban J connectivity index is 1.56. The maximum Gasteiger partial charge on any atom is 0.321 e. The predicted octanol–water partition coefficient (Wildman–Crippen LogP) is 4.65. The molecule has 3 rings (SSSR count). The van der Waals surface area contributed by atoms with Crippen molar-refractivity contribution in [2.45, 2.75) is 33.1 Å². The van der Waals surface area contributed by atoms with Gasteiger partial charge in [-0.25, -0.2) is 4.79 Å². The fraction of sp³-hybridized carbons (Fsp3) is 0.409. The molecule has 4 heteroatoms. The summed E-state index contributed by atoms with van der Waals surface area (Å²) in [6, 6.07) is 16.6. The molecule has 0 radical (unpaired) electrons. The molecule has 0 spiro atoms. The minimum atomic E-state index is -0.0158. The number of para-hydroxylation sites is 1. The van der Waals surface area contributed by atoms with Gasteiger partial charge in [-0.2, -0.15) is 0 Å². The maximum absolute atomic E-state index is 12.6. The van der Waals surface area contributed by atoms with Crippen molar-refractivity contribution in [1.29, 1.82) is 0 Å². The number of benzene rings is 2. The van der Waals surface area contributed by atoms with Gasteiger partial charge in [0.05, 0.1) is 0 Å².